The van der Waals surface area contributed by atoms with Gasteiger partial charge in [0.1, 0.15) is 0 Å². The summed E-state index contributed by atoms with van der Waals surface area (Å²) in [5.41, 5.74) is 0.620. The molecule has 3 aliphatic rings. The summed E-state index contributed by atoms with van der Waals surface area (Å²) in [5.74, 6) is 0. The molecule has 0 N–H and O–H groups in total. The van der Waals surface area contributed by atoms with Gasteiger partial charge in [-0.3, -0.25) is 9.80 Å². The predicted molar refractivity (Wildman–Crippen MR) is 53.8 cm³/mol. The highest BCUT2D eigenvalue weighted by Crippen LogP contribution is 2.42. The molecule has 1 atom stereocenters. The number of hydrogen-bond donors (Lipinski definition) is 0. The molecular formula is C11H20N2. The van der Waals surface area contributed by atoms with E-state index in [1.54, 1.807) is 0 Å². The SMILES string of the molecule is CC1(N2CCN3CCCC3C2)CC1. The van der Waals surface area contributed by atoms with Gasteiger partial charge in [0.25, 0.3) is 0 Å². The van der Waals surface area contributed by atoms with Crippen molar-refractivity contribution < 1.29 is 0 Å². The molecule has 1 aliphatic carbocycles. The number of piperazine rings is 1. The maximum atomic E-state index is 2.75. The van der Waals surface area contributed by atoms with Gasteiger partial charge >= 0.3 is 0 Å². The molecule has 2 saturated heterocycles. The van der Waals surface area contributed by atoms with Gasteiger partial charge in [0.2, 0.25) is 0 Å². The Morgan fingerprint density at radius 2 is 2.00 bits per heavy atom. The Balaban J connectivity index is 1.68. The Hall–Kier alpha value is -0.0800. The van der Waals surface area contributed by atoms with Gasteiger partial charge in [-0.1, -0.05) is 0 Å². The second-order valence-corrected chi connectivity index (χ2v) is 5.27. The first-order valence-corrected chi connectivity index (χ1v) is 5.77. The van der Waals surface area contributed by atoms with E-state index < -0.39 is 0 Å². The van der Waals surface area contributed by atoms with Crippen LogP contribution < -0.4 is 0 Å². The summed E-state index contributed by atoms with van der Waals surface area (Å²) in [6, 6.07) is 0.908. The van der Waals surface area contributed by atoms with Crippen LogP contribution in [0.4, 0.5) is 0 Å². The van der Waals surface area contributed by atoms with Crippen molar-refractivity contribution in [1.29, 1.82) is 0 Å². The Kier molecular flexibility index (Phi) is 1.72. The van der Waals surface area contributed by atoms with Gasteiger partial charge < -0.3 is 0 Å². The van der Waals surface area contributed by atoms with E-state index in [1.165, 1.54) is 51.9 Å². The summed E-state index contributed by atoms with van der Waals surface area (Å²) in [6.07, 6.45) is 5.78. The van der Waals surface area contributed by atoms with Crippen LogP contribution in [0.1, 0.15) is 32.6 Å². The zero-order valence-electron chi connectivity index (χ0n) is 8.63. The van der Waals surface area contributed by atoms with E-state index in [9.17, 15) is 0 Å². The summed E-state index contributed by atoms with van der Waals surface area (Å²) in [6.45, 7) is 7.83. The van der Waals surface area contributed by atoms with Crippen LogP contribution in [0.25, 0.3) is 0 Å². The highest BCUT2D eigenvalue weighted by molar-refractivity contribution is 5.03. The maximum absolute atomic E-state index is 2.75. The van der Waals surface area contributed by atoms with Gasteiger partial charge in [-0.15, -0.1) is 0 Å². The molecule has 2 aliphatic heterocycles. The van der Waals surface area contributed by atoms with E-state index in [0.29, 0.717) is 5.54 Å². The average Bonchev–Trinajstić information content (AvgIpc) is 2.74. The zero-order chi connectivity index (χ0) is 8.89. The minimum atomic E-state index is 0.620. The molecule has 2 heterocycles. The average molecular weight is 180 g/mol. The normalized spacial score (nSPS) is 39.0. The minimum Gasteiger partial charge on any atom is -0.298 e. The van der Waals surface area contributed by atoms with Gasteiger partial charge in [0, 0.05) is 31.2 Å². The molecule has 1 saturated carbocycles. The number of hydrogen-bond acceptors (Lipinski definition) is 2. The van der Waals surface area contributed by atoms with E-state index in [0.717, 1.165) is 6.04 Å². The molecule has 0 spiro atoms. The van der Waals surface area contributed by atoms with Crippen LogP contribution in [0.2, 0.25) is 0 Å². The summed E-state index contributed by atoms with van der Waals surface area (Å²) in [7, 11) is 0. The Morgan fingerprint density at radius 3 is 2.77 bits per heavy atom. The lowest BCUT2D eigenvalue weighted by atomic mass is 10.1. The van der Waals surface area contributed by atoms with Crippen LogP contribution in [0.3, 0.4) is 0 Å². The summed E-state index contributed by atoms with van der Waals surface area (Å²) < 4.78 is 0. The van der Waals surface area contributed by atoms with Crippen molar-refractivity contribution in [3.05, 3.63) is 0 Å². The third-order valence-electron chi connectivity index (χ3n) is 4.32. The molecule has 0 radical (unpaired) electrons. The van der Waals surface area contributed by atoms with Crippen LogP contribution in [0.5, 0.6) is 0 Å². The molecular weight excluding hydrogens is 160 g/mol. The topological polar surface area (TPSA) is 6.48 Å². The van der Waals surface area contributed by atoms with E-state index >= 15 is 0 Å². The second kappa shape index (κ2) is 2.71. The molecule has 0 aromatic carbocycles. The van der Waals surface area contributed by atoms with Gasteiger partial charge in [0.15, 0.2) is 0 Å². The van der Waals surface area contributed by atoms with E-state index in [4.69, 9.17) is 0 Å². The van der Waals surface area contributed by atoms with Crippen LogP contribution in [-0.2, 0) is 0 Å². The van der Waals surface area contributed by atoms with E-state index in [-0.39, 0.29) is 0 Å². The Bertz CT molecular complexity index is 210. The standard InChI is InChI=1S/C11H20N2/c1-11(4-5-11)13-8-7-12-6-2-3-10(12)9-13/h10H,2-9H2,1H3. The molecule has 13 heavy (non-hydrogen) atoms. The molecule has 1 unspecified atom stereocenters. The molecule has 0 bridgehead atoms. The summed E-state index contributed by atoms with van der Waals surface area (Å²) >= 11 is 0. The number of fused-ring (bicyclic) bond motifs is 1. The number of nitrogens with zero attached hydrogens (tertiary/aromatic N) is 2. The lowest BCUT2D eigenvalue weighted by Gasteiger charge is -2.41. The highest BCUT2D eigenvalue weighted by atomic mass is 15.3. The first-order valence-electron chi connectivity index (χ1n) is 5.77. The molecule has 0 amide bonds. The third-order valence-corrected chi connectivity index (χ3v) is 4.32. The quantitative estimate of drug-likeness (QED) is 0.600. The van der Waals surface area contributed by atoms with Gasteiger partial charge in [-0.05, 0) is 39.2 Å². The lowest BCUT2D eigenvalue weighted by Crippen LogP contribution is -2.53. The smallest absolute Gasteiger partial charge is 0.0224 e. The maximum Gasteiger partial charge on any atom is 0.0224 e. The largest absolute Gasteiger partial charge is 0.298 e. The third kappa shape index (κ3) is 1.31. The van der Waals surface area contributed by atoms with Gasteiger partial charge in [-0.25, -0.2) is 0 Å². The molecule has 0 aromatic rings. The Morgan fingerprint density at radius 1 is 1.15 bits per heavy atom. The molecule has 0 aromatic heterocycles. The fourth-order valence-electron chi connectivity index (χ4n) is 2.98. The van der Waals surface area contributed by atoms with Gasteiger partial charge in [-0.2, -0.15) is 0 Å². The number of rotatable bonds is 1. The first-order chi connectivity index (χ1) is 6.28. The van der Waals surface area contributed by atoms with Crippen LogP contribution >= 0.6 is 0 Å². The van der Waals surface area contributed by atoms with Crippen LogP contribution in [0, 0.1) is 0 Å². The lowest BCUT2D eigenvalue weighted by molar-refractivity contribution is 0.0679. The Labute approximate surface area is 80.9 Å². The van der Waals surface area contributed by atoms with Crippen molar-refractivity contribution in [2.75, 3.05) is 26.2 Å². The van der Waals surface area contributed by atoms with Crippen LogP contribution in [-0.4, -0.2) is 47.6 Å². The molecule has 2 heteroatoms. The molecule has 74 valence electrons. The van der Waals surface area contributed by atoms with Crippen molar-refractivity contribution in [3.63, 3.8) is 0 Å². The highest BCUT2D eigenvalue weighted by Gasteiger charge is 2.46. The summed E-state index contributed by atoms with van der Waals surface area (Å²) in [5, 5.41) is 0. The second-order valence-electron chi connectivity index (χ2n) is 5.27. The van der Waals surface area contributed by atoms with Crippen molar-refractivity contribution in [3.8, 4) is 0 Å². The van der Waals surface area contributed by atoms with Crippen molar-refractivity contribution >= 4 is 0 Å². The fraction of sp³-hybridized carbons (Fsp3) is 1.00. The molecule has 3 rings (SSSR count). The van der Waals surface area contributed by atoms with Crippen molar-refractivity contribution in [2.24, 2.45) is 0 Å². The van der Waals surface area contributed by atoms with Crippen molar-refractivity contribution in [2.45, 2.75) is 44.2 Å². The minimum absolute atomic E-state index is 0.620. The first kappa shape index (κ1) is 8.25. The van der Waals surface area contributed by atoms with Crippen molar-refractivity contribution in [1.82, 2.24) is 9.80 Å². The molecule has 2 nitrogen and oxygen atoms in total. The monoisotopic (exact) mass is 180 g/mol. The van der Waals surface area contributed by atoms with E-state index in [1.807, 2.05) is 0 Å². The van der Waals surface area contributed by atoms with Crippen LogP contribution in [0.15, 0.2) is 0 Å². The fourth-order valence-corrected chi connectivity index (χ4v) is 2.98. The zero-order valence-corrected chi connectivity index (χ0v) is 8.63. The summed E-state index contributed by atoms with van der Waals surface area (Å²) in [4.78, 5) is 5.45. The van der Waals surface area contributed by atoms with E-state index in [2.05, 4.69) is 16.7 Å². The van der Waals surface area contributed by atoms with Gasteiger partial charge in [0.05, 0.1) is 0 Å². The molecule has 3 fully saturated rings. The predicted octanol–water partition coefficient (Wildman–Crippen LogP) is 1.32.